The Morgan fingerprint density at radius 1 is 0.649 bits per heavy atom. The molecule has 0 spiro atoms. The van der Waals surface area contributed by atoms with Gasteiger partial charge in [-0.15, -0.1) is 0 Å². The van der Waals surface area contributed by atoms with Gasteiger partial charge in [-0.3, -0.25) is 4.90 Å². The van der Waals surface area contributed by atoms with Gasteiger partial charge in [-0.25, -0.2) is 4.99 Å². The Hall–Kier alpha value is -6.91. The van der Waals surface area contributed by atoms with Gasteiger partial charge in [0.25, 0.3) is 0 Å². The van der Waals surface area contributed by atoms with Crippen molar-refractivity contribution in [2.24, 2.45) is 4.99 Å². The van der Waals surface area contributed by atoms with Crippen molar-refractivity contribution in [2.75, 3.05) is 4.90 Å². The highest BCUT2D eigenvalue weighted by atomic mass is 15.3. The number of anilines is 1. The Morgan fingerprint density at radius 3 is 2.25 bits per heavy atom. The molecule has 0 bridgehead atoms. The molecule has 7 aromatic carbocycles. The lowest BCUT2D eigenvalue weighted by Crippen LogP contribution is -2.39. The second-order valence-corrected chi connectivity index (χ2v) is 16.3. The van der Waals surface area contributed by atoms with E-state index in [1.807, 2.05) is 0 Å². The molecule has 2 unspecified atom stereocenters. The molecular formula is C53H40N4. The summed E-state index contributed by atoms with van der Waals surface area (Å²) in [6, 6.07) is 62.0. The van der Waals surface area contributed by atoms with Gasteiger partial charge in [-0.2, -0.15) is 0 Å². The first-order valence-electron chi connectivity index (χ1n) is 20.1. The minimum Gasteiger partial charge on any atom is -0.362 e. The first-order chi connectivity index (χ1) is 28.0. The highest BCUT2D eigenvalue weighted by molar-refractivity contribution is 6.34. The Balaban J connectivity index is 1.11. The number of fused-ring (bicyclic) bond motifs is 9. The Bertz CT molecular complexity index is 3050. The quantitative estimate of drug-likeness (QED) is 0.196. The molecule has 4 heteroatoms. The van der Waals surface area contributed by atoms with E-state index in [-0.39, 0.29) is 17.5 Å². The normalized spacial score (nSPS) is 18.7. The fourth-order valence-corrected chi connectivity index (χ4v) is 10.3. The lowest BCUT2D eigenvalue weighted by Gasteiger charge is -2.36. The first kappa shape index (κ1) is 32.3. The van der Waals surface area contributed by atoms with Gasteiger partial charge in [0.05, 0.1) is 16.7 Å². The SMILES string of the molecule is CC1(C)C2=C(C(N3C4=Cc5ccccc5CC4c4ccccc43)=NC(c3cccc4c3c3ccccc3n4-c3ccccc3)N2)c2ccc(-c3ccccc3)cc21. The van der Waals surface area contributed by atoms with Crippen LogP contribution in [-0.4, -0.2) is 10.4 Å². The van der Waals surface area contributed by atoms with Crippen molar-refractivity contribution in [3.05, 3.63) is 215 Å². The van der Waals surface area contributed by atoms with Crippen LogP contribution in [0.1, 0.15) is 59.3 Å². The maximum Gasteiger partial charge on any atom is 0.147 e. The molecule has 57 heavy (non-hydrogen) atoms. The third-order valence-electron chi connectivity index (χ3n) is 12.9. The fourth-order valence-electron chi connectivity index (χ4n) is 10.3. The zero-order chi connectivity index (χ0) is 37.8. The lowest BCUT2D eigenvalue weighted by molar-refractivity contribution is 0.518. The Kier molecular flexibility index (Phi) is 6.83. The number of rotatable bonds is 3. The minimum atomic E-state index is -0.331. The summed E-state index contributed by atoms with van der Waals surface area (Å²) < 4.78 is 2.40. The van der Waals surface area contributed by atoms with Gasteiger partial charge in [0, 0.05) is 50.3 Å². The maximum atomic E-state index is 5.93. The van der Waals surface area contributed by atoms with Crippen LogP contribution in [0, 0.1) is 0 Å². The van der Waals surface area contributed by atoms with Crippen molar-refractivity contribution in [3.8, 4) is 16.8 Å². The smallest absolute Gasteiger partial charge is 0.147 e. The molecule has 2 aliphatic carbocycles. The summed E-state index contributed by atoms with van der Waals surface area (Å²) in [6.07, 6.45) is 3.07. The van der Waals surface area contributed by atoms with Crippen molar-refractivity contribution < 1.29 is 0 Å². The van der Waals surface area contributed by atoms with Gasteiger partial charge < -0.3 is 9.88 Å². The van der Waals surface area contributed by atoms with E-state index in [1.165, 1.54) is 89.0 Å². The third-order valence-corrected chi connectivity index (χ3v) is 12.9. The lowest BCUT2D eigenvalue weighted by atomic mass is 9.83. The van der Waals surface area contributed by atoms with Crippen LogP contribution in [0.5, 0.6) is 0 Å². The number of para-hydroxylation sites is 3. The van der Waals surface area contributed by atoms with E-state index in [2.05, 4.69) is 205 Å². The Labute approximate surface area is 332 Å². The summed E-state index contributed by atoms with van der Waals surface area (Å²) in [5.41, 5.74) is 18.4. The molecule has 272 valence electrons. The van der Waals surface area contributed by atoms with E-state index in [9.17, 15) is 0 Å². The number of nitrogens with one attached hydrogen (secondary N) is 1. The topological polar surface area (TPSA) is 32.6 Å². The van der Waals surface area contributed by atoms with Gasteiger partial charge in [-0.1, -0.05) is 147 Å². The number of benzene rings is 7. The number of nitrogens with zero attached hydrogens (tertiary/aromatic N) is 3. The molecule has 4 aliphatic rings. The molecule has 0 radical (unpaired) electrons. The molecule has 0 saturated heterocycles. The van der Waals surface area contributed by atoms with Gasteiger partial charge in [0.15, 0.2) is 0 Å². The molecule has 8 aromatic rings. The zero-order valence-electron chi connectivity index (χ0n) is 31.9. The van der Waals surface area contributed by atoms with Gasteiger partial charge in [0.1, 0.15) is 12.0 Å². The second kappa shape index (κ2) is 12.0. The van der Waals surface area contributed by atoms with Crippen LogP contribution >= 0.6 is 0 Å². The summed E-state index contributed by atoms with van der Waals surface area (Å²) in [5.74, 6) is 1.26. The van der Waals surface area contributed by atoms with Crippen LogP contribution < -0.4 is 10.2 Å². The largest absolute Gasteiger partial charge is 0.362 e. The standard InChI is InChI=1S/C53H40N4/c1-53(2)43-31-36(33-16-5-3-6-17-33)28-29-39(43)49-50(53)54-51(41-24-15-27-46-48(41)40-23-12-14-26-45(40)56(46)37-20-7-4-8-21-37)55-52(49)57-44-25-13-11-22-38(44)42-30-34-18-9-10-19-35(34)32-47(42)57/h3-29,31-32,42,51,54H,30H2,1-2H3. The third kappa shape index (κ3) is 4.64. The van der Waals surface area contributed by atoms with Gasteiger partial charge in [-0.05, 0) is 87.8 Å². The van der Waals surface area contributed by atoms with Crippen molar-refractivity contribution >= 4 is 45.0 Å². The van der Waals surface area contributed by atoms with Crippen molar-refractivity contribution in [2.45, 2.75) is 37.8 Å². The average molecular weight is 733 g/mol. The molecule has 3 heterocycles. The average Bonchev–Trinajstić information content (AvgIpc) is 3.85. The van der Waals surface area contributed by atoms with E-state index < -0.39 is 0 Å². The van der Waals surface area contributed by atoms with E-state index in [1.54, 1.807) is 0 Å². The number of amidine groups is 1. The van der Waals surface area contributed by atoms with Crippen LogP contribution in [-0.2, 0) is 11.8 Å². The summed E-state index contributed by atoms with van der Waals surface area (Å²) in [7, 11) is 0. The van der Waals surface area contributed by atoms with Crippen LogP contribution in [0.25, 0.3) is 50.3 Å². The van der Waals surface area contributed by atoms with E-state index in [0.717, 1.165) is 17.9 Å². The fraction of sp³-hybridized carbons (Fsp3) is 0.113. The highest BCUT2D eigenvalue weighted by Gasteiger charge is 2.47. The van der Waals surface area contributed by atoms with Gasteiger partial charge >= 0.3 is 0 Å². The predicted molar refractivity (Wildman–Crippen MR) is 236 cm³/mol. The first-order valence-corrected chi connectivity index (χ1v) is 20.1. The molecule has 4 nitrogen and oxygen atoms in total. The molecule has 1 N–H and O–H groups in total. The molecule has 12 rings (SSSR count). The summed E-state index contributed by atoms with van der Waals surface area (Å²) in [4.78, 5) is 8.45. The number of hydrogen-bond donors (Lipinski definition) is 1. The molecule has 1 aromatic heterocycles. The Morgan fingerprint density at radius 2 is 1.37 bits per heavy atom. The summed E-state index contributed by atoms with van der Waals surface area (Å²) >= 11 is 0. The molecule has 0 fully saturated rings. The van der Waals surface area contributed by atoms with Crippen molar-refractivity contribution in [3.63, 3.8) is 0 Å². The minimum absolute atomic E-state index is 0.248. The van der Waals surface area contributed by atoms with Crippen LogP contribution in [0.2, 0.25) is 0 Å². The van der Waals surface area contributed by atoms with Crippen LogP contribution in [0.15, 0.2) is 186 Å². The summed E-state index contributed by atoms with van der Waals surface area (Å²) in [6.45, 7) is 4.77. The second-order valence-electron chi connectivity index (χ2n) is 16.3. The maximum absolute atomic E-state index is 5.93. The van der Waals surface area contributed by atoms with E-state index in [4.69, 9.17) is 4.99 Å². The van der Waals surface area contributed by atoms with Crippen LogP contribution in [0.4, 0.5) is 5.69 Å². The predicted octanol–water partition coefficient (Wildman–Crippen LogP) is 12.4. The zero-order valence-corrected chi connectivity index (χ0v) is 31.9. The number of aliphatic imine (C=N–C) groups is 1. The number of hydrogen-bond acceptors (Lipinski definition) is 3. The number of allylic oxidation sites excluding steroid dienone is 2. The number of aromatic nitrogens is 1. The van der Waals surface area contributed by atoms with Crippen molar-refractivity contribution in [1.29, 1.82) is 0 Å². The van der Waals surface area contributed by atoms with E-state index >= 15 is 0 Å². The molecular weight excluding hydrogens is 693 g/mol. The highest BCUT2D eigenvalue weighted by Crippen LogP contribution is 2.55. The van der Waals surface area contributed by atoms with Gasteiger partial charge in [0.2, 0.25) is 0 Å². The molecule has 2 aliphatic heterocycles. The summed E-state index contributed by atoms with van der Waals surface area (Å²) in [5, 5.41) is 6.59. The van der Waals surface area contributed by atoms with E-state index in [0.29, 0.717) is 0 Å². The van der Waals surface area contributed by atoms with Crippen molar-refractivity contribution in [1.82, 2.24) is 9.88 Å². The molecule has 0 amide bonds. The van der Waals surface area contributed by atoms with Crippen LogP contribution in [0.3, 0.4) is 0 Å². The monoisotopic (exact) mass is 732 g/mol. The molecule has 0 saturated carbocycles. The molecule has 2 atom stereocenters.